The Bertz CT molecular complexity index is 962. The zero-order valence-electron chi connectivity index (χ0n) is 14.7. The first kappa shape index (κ1) is 19.1. The van der Waals surface area contributed by atoms with E-state index in [2.05, 4.69) is 15.5 Å². The van der Waals surface area contributed by atoms with Crippen LogP contribution in [0.5, 0.6) is 5.75 Å². The third-order valence-electron chi connectivity index (χ3n) is 3.76. The van der Waals surface area contributed by atoms with Gasteiger partial charge in [-0.05, 0) is 31.2 Å². The summed E-state index contributed by atoms with van der Waals surface area (Å²) in [6.45, 7) is 1.77. The predicted molar refractivity (Wildman–Crippen MR) is 108 cm³/mol. The number of nitrogens with two attached hydrogens (primary N) is 1. The maximum absolute atomic E-state index is 12.5. The number of para-hydroxylation sites is 2. The lowest BCUT2D eigenvalue weighted by Gasteiger charge is -2.13. The molecule has 1 aromatic heterocycles. The van der Waals surface area contributed by atoms with E-state index in [9.17, 15) is 4.79 Å². The van der Waals surface area contributed by atoms with Crippen molar-refractivity contribution in [2.75, 3.05) is 18.3 Å². The zero-order valence-corrected chi connectivity index (χ0v) is 16.3. The third-order valence-corrected chi connectivity index (χ3v) is 5.06. The van der Waals surface area contributed by atoms with Gasteiger partial charge in [-0.2, -0.15) is 0 Å². The lowest BCUT2D eigenvalue weighted by atomic mass is 10.2. The molecule has 3 aromatic rings. The van der Waals surface area contributed by atoms with Crippen molar-refractivity contribution in [3.8, 4) is 17.1 Å². The Morgan fingerprint density at radius 1 is 1.26 bits per heavy atom. The van der Waals surface area contributed by atoms with Gasteiger partial charge < -0.3 is 15.9 Å². The molecule has 0 radical (unpaired) electrons. The Morgan fingerprint density at radius 3 is 2.78 bits per heavy atom. The van der Waals surface area contributed by atoms with E-state index >= 15 is 0 Å². The van der Waals surface area contributed by atoms with Crippen LogP contribution in [0, 0.1) is 0 Å². The van der Waals surface area contributed by atoms with Crippen LogP contribution in [0.2, 0.25) is 5.02 Å². The second-order valence-corrected chi connectivity index (χ2v) is 7.38. The predicted octanol–water partition coefficient (Wildman–Crippen LogP) is 3.44. The van der Waals surface area contributed by atoms with E-state index in [0.717, 1.165) is 5.56 Å². The van der Waals surface area contributed by atoms with Gasteiger partial charge in [0.2, 0.25) is 11.1 Å². The van der Waals surface area contributed by atoms with Gasteiger partial charge in [-0.15, -0.1) is 10.2 Å². The number of halogens is 1. The molecule has 0 saturated heterocycles. The number of hydrogen-bond acceptors (Lipinski definition) is 6. The van der Waals surface area contributed by atoms with Gasteiger partial charge in [-0.25, -0.2) is 4.68 Å². The minimum Gasteiger partial charge on any atom is -0.495 e. The first-order valence-electron chi connectivity index (χ1n) is 8.06. The van der Waals surface area contributed by atoms with Crippen molar-refractivity contribution in [2.24, 2.45) is 0 Å². The Balaban J connectivity index is 1.72. The molecule has 7 nitrogen and oxygen atoms in total. The van der Waals surface area contributed by atoms with Crippen LogP contribution in [0.15, 0.2) is 53.7 Å². The van der Waals surface area contributed by atoms with E-state index < -0.39 is 5.25 Å². The topological polar surface area (TPSA) is 95.1 Å². The Labute approximate surface area is 165 Å². The monoisotopic (exact) mass is 403 g/mol. The Hall–Kier alpha value is -2.71. The van der Waals surface area contributed by atoms with Gasteiger partial charge in [0.1, 0.15) is 5.75 Å². The van der Waals surface area contributed by atoms with E-state index in [4.69, 9.17) is 22.2 Å². The highest BCUT2D eigenvalue weighted by Crippen LogP contribution is 2.28. The molecule has 1 heterocycles. The van der Waals surface area contributed by atoms with Crippen LogP contribution in [0.3, 0.4) is 0 Å². The number of carbonyl (C=O) groups excluding carboxylic acids is 1. The largest absolute Gasteiger partial charge is 0.495 e. The van der Waals surface area contributed by atoms with Crippen LogP contribution < -0.4 is 15.9 Å². The van der Waals surface area contributed by atoms with Crippen molar-refractivity contribution >= 4 is 35.0 Å². The maximum atomic E-state index is 12.5. The highest BCUT2D eigenvalue weighted by Gasteiger charge is 2.21. The van der Waals surface area contributed by atoms with E-state index in [1.54, 1.807) is 38.3 Å². The summed E-state index contributed by atoms with van der Waals surface area (Å²) in [5.74, 6) is 6.97. The minimum atomic E-state index is -0.450. The van der Waals surface area contributed by atoms with E-state index in [-0.39, 0.29) is 5.91 Å². The summed E-state index contributed by atoms with van der Waals surface area (Å²) in [5.41, 5.74) is 1.35. The van der Waals surface area contributed by atoms with E-state index in [1.165, 1.54) is 16.4 Å². The first-order chi connectivity index (χ1) is 13.0. The highest BCUT2D eigenvalue weighted by atomic mass is 35.5. The Kier molecular flexibility index (Phi) is 5.88. The fourth-order valence-corrected chi connectivity index (χ4v) is 3.34. The summed E-state index contributed by atoms with van der Waals surface area (Å²) in [5, 5.41) is 11.6. The lowest BCUT2D eigenvalue weighted by molar-refractivity contribution is -0.115. The van der Waals surface area contributed by atoms with Gasteiger partial charge in [-0.1, -0.05) is 47.6 Å². The summed E-state index contributed by atoms with van der Waals surface area (Å²) in [6.07, 6.45) is 0. The summed E-state index contributed by atoms with van der Waals surface area (Å²) in [7, 11) is 1.55. The van der Waals surface area contributed by atoms with Crippen molar-refractivity contribution in [1.82, 2.24) is 14.9 Å². The molecule has 1 amide bonds. The van der Waals surface area contributed by atoms with Crippen molar-refractivity contribution < 1.29 is 9.53 Å². The molecule has 0 fully saturated rings. The summed E-state index contributed by atoms with van der Waals surface area (Å²) < 4.78 is 6.60. The molecule has 0 unspecified atom stereocenters. The molecular formula is C18H18ClN5O2S. The number of anilines is 1. The third kappa shape index (κ3) is 4.35. The molecule has 2 aromatic carbocycles. The number of hydrogen-bond donors (Lipinski definition) is 2. The molecule has 0 spiro atoms. The van der Waals surface area contributed by atoms with Crippen LogP contribution >= 0.6 is 23.4 Å². The van der Waals surface area contributed by atoms with Gasteiger partial charge in [0.05, 0.1) is 18.0 Å². The molecule has 0 saturated carbocycles. The number of methoxy groups -OCH3 is 1. The normalized spacial score (nSPS) is 11.8. The number of ether oxygens (including phenoxy) is 1. The molecular weight excluding hydrogens is 386 g/mol. The number of nitrogens with one attached hydrogen (secondary N) is 1. The van der Waals surface area contributed by atoms with Gasteiger partial charge in [0, 0.05) is 10.6 Å². The van der Waals surface area contributed by atoms with Crippen molar-refractivity contribution in [2.45, 2.75) is 17.3 Å². The number of rotatable bonds is 6. The number of carbonyl (C=O) groups is 1. The fourth-order valence-electron chi connectivity index (χ4n) is 2.38. The number of nitrogen functional groups attached to an aromatic ring is 1. The standard InChI is InChI=1S/C18H18ClN5O2S/c1-11(17(25)21-14-8-3-4-9-15(14)26-2)27-18-23-22-16(24(18)20)12-6-5-7-13(19)10-12/h3-11H,20H2,1-2H3,(H,21,25)/t11-/m0/s1. The number of amides is 1. The smallest absolute Gasteiger partial charge is 0.237 e. The SMILES string of the molecule is COc1ccccc1NC(=O)[C@H](C)Sc1nnc(-c2cccc(Cl)c2)n1N. The van der Waals surface area contributed by atoms with Gasteiger partial charge in [-0.3, -0.25) is 4.79 Å². The zero-order chi connectivity index (χ0) is 19.4. The number of thioether (sulfide) groups is 1. The van der Waals surface area contributed by atoms with Crippen LogP contribution in [0.1, 0.15) is 6.92 Å². The van der Waals surface area contributed by atoms with Crippen LogP contribution in [-0.4, -0.2) is 33.1 Å². The van der Waals surface area contributed by atoms with Gasteiger partial charge in [0.15, 0.2) is 5.82 Å². The molecule has 3 N–H and O–H groups in total. The minimum absolute atomic E-state index is 0.197. The summed E-state index contributed by atoms with van der Waals surface area (Å²) >= 11 is 7.22. The van der Waals surface area contributed by atoms with Crippen molar-refractivity contribution in [1.29, 1.82) is 0 Å². The average Bonchev–Trinajstić information content (AvgIpc) is 3.02. The van der Waals surface area contributed by atoms with Crippen molar-refractivity contribution in [3.05, 3.63) is 53.6 Å². The second kappa shape index (κ2) is 8.32. The van der Waals surface area contributed by atoms with E-state index in [0.29, 0.717) is 27.4 Å². The average molecular weight is 404 g/mol. The number of aromatic nitrogens is 3. The van der Waals surface area contributed by atoms with Crippen molar-refractivity contribution in [3.63, 3.8) is 0 Å². The van der Waals surface area contributed by atoms with Crippen LogP contribution in [0.4, 0.5) is 5.69 Å². The Morgan fingerprint density at radius 2 is 2.04 bits per heavy atom. The van der Waals surface area contributed by atoms with Crippen LogP contribution in [0.25, 0.3) is 11.4 Å². The molecule has 1 atom stereocenters. The molecule has 3 rings (SSSR count). The summed E-state index contributed by atoms with van der Waals surface area (Å²) in [6, 6.07) is 14.4. The number of benzene rings is 2. The second-order valence-electron chi connectivity index (χ2n) is 5.64. The molecule has 0 bridgehead atoms. The van der Waals surface area contributed by atoms with Crippen LogP contribution in [-0.2, 0) is 4.79 Å². The molecule has 27 heavy (non-hydrogen) atoms. The molecule has 0 aliphatic rings. The maximum Gasteiger partial charge on any atom is 0.237 e. The lowest BCUT2D eigenvalue weighted by Crippen LogP contribution is -2.24. The highest BCUT2D eigenvalue weighted by molar-refractivity contribution is 8.00. The van der Waals surface area contributed by atoms with E-state index in [1.807, 2.05) is 24.3 Å². The first-order valence-corrected chi connectivity index (χ1v) is 9.32. The molecule has 9 heteroatoms. The fraction of sp³-hybridized carbons (Fsp3) is 0.167. The van der Waals surface area contributed by atoms with Gasteiger partial charge in [0.25, 0.3) is 0 Å². The molecule has 140 valence electrons. The molecule has 0 aliphatic heterocycles. The summed E-state index contributed by atoms with van der Waals surface area (Å²) in [4.78, 5) is 12.5. The molecule has 0 aliphatic carbocycles. The van der Waals surface area contributed by atoms with Gasteiger partial charge >= 0.3 is 0 Å². The number of nitrogens with zero attached hydrogens (tertiary/aromatic N) is 3. The quantitative estimate of drug-likeness (QED) is 0.483.